The van der Waals surface area contributed by atoms with Crippen molar-refractivity contribution in [2.45, 2.75) is 20.3 Å². The van der Waals surface area contributed by atoms with Crippen LogP contribution in [0.15, 0.2) is 17.5 Å². The number of rotatable bonds is 7. The van der Waals surface area contributed by atoms with Crippen LogP contribution in [0, 0.1) is 5.92 Å². The number of nitrogens with one attached hydrogen (secondary N) is 2. The lowest BCUT2D eigenvalue weighted by Gasteiger charge is -2.08. The molecule has 0 aromatic carbocycles. The number of nitrogens with two attached hydrogens (primary N) is 1. The van der Waals surface area contributed by atoms with Crippen LogP contribution in [0.2, 0.25) is 0 Å². The van der Waals surface area contributed by atoms with Crippen LogP contribution < -0.4 is 16.4 Å². The van der Waals surface area contributed by atoms with Gasteiger partial charge in [0.25, 0.3) is 0 Å². The second kappa shape index (κ2) is 9.48. The summed E-state index contributed by atoms with van der Waals surface area (Å²) in [6.45, 7) is 6.45. The zero-order chi connectivity index (χ0) is 15.9. The van der Waals surface area contributed by atoms with Crippen molar-refractivity contribution in [2.24, 2.45) is 23.7 Å². The third-order valence-corrected chi connectivity index (χ3v) is 3.24. The molecule has 2 rings (SSSR count). The Kier molecular flexibility index (Phi) is 8.00. The Labute approximate surface area is 153 Å². The molecule has 9 heteroatoms. The first kappa shape index (κ1) is 19.4. The molecule has 0 bridgehead atoms. The van der Waals surface area contributed by atoms with Crippen molar-refractivity contribution in [1.82, 2.24) is 25.1 Å². The molecular formula is C14H25IN8. The lowest BCUT2D eigenvalue weighted by Crippen LogP contribution is -2.35. The lowest BCUT2D eigenvalue weighted by molar-refractivity contribution is 0.595. The summed E-state index contributed by atoms with van der Waals surface area (Å²) in [5.41, 5.74) is 6.61. The minimum Gasteiger partial charge on any atom is -0.370 e. The van der Waals surface area contributed by atoms with Crippen molar-refractivity contribution in [1.29, 1.82) is 0 Å². The lowest BCUT2D eigenvalue weighted by atomic mass is 10.1. The van der Waals surface area contributed by atoms with Gasteiger partial charge in [0.1, 0.15) is 12.1 Å². The van der Waals surface area contributed by atoms with Gasteiger partial charge in [-0.2, -0.15) is 5.10 Å². The molecule has 0 radical (unpaired) electrons. The molecule has 2 aromatic heterocycles. The average molecular weight is 432 g/mol. The van der Waals surface area contributed by atoms with Gasteiger partial charge in [0, 0.05) is 26.7 Å². The van der Waals surface area contributed by atoms with E-state index in [4.69, 9.17) is 5.73 Å². The SMILES string of the molecule is CC(C)CCN=C(N)NCCNc1ncnc2c1cnn2C.I. The number of nitrogens with zero attached hydrogens (tertiary/aromatic N) is 5. The molecule has 2 aromatic rings. The molecule has 0 aliphatic rings. The van der Waals surface area contributed by atoms with E-state index in [1.54, 1.807) is 10.9 Å². The Balaban J connectivity index is 0.00000264. The number of hydrogen-bond acceptors (Lipinski definition) is 5. The topological polar surface area (TPSA) is 106 Å². The van der Waals surface area contributed by atoms with Gasteiger partial charge in [-0.05, 0) is 12.3 Å². The van der Waals surface area contributed by atoms with Gasteiger partial charge in [0.05, 0.1) is 11.6 Å². The molecule has 0 saturated heterocycles. The van der Waals surface area contributed by atoms with Crippen molar-refractivity contribution in [3.63, 3.8) is 0 Å². The first-order valence-electron chi connectivity index (χ1n) is 7.48. The van der Waals surface area contributed by atoms with Gasteiger partial charge in [-0.3, -0.25) is 9.67 Å². The maximum atomic E-state index is 5.81. The number of anilines is 1. The van der Waals surface area contributed by atoms with E-state index < -0.39 is 0 Å². The number of guanidine groups is 1. The normalized spacial score (nSPS) is 11.6. The molecule has 0 atom stereocenters. The predicted molar refractivity (Wildman–Crippen MR) is 104 cm³/mol. The Morgan fingerprint density at radius 1 is 1.35 bits per heavy atom. The summed E-state index contributed by atoms with van der Waals surface area (Å²) >= 11 is 0. The fourth-order valence-corrected chi connectivity index (χ4v) is 1.97. The summed E-state index contributed by atoms with van der Waals surface area (Å²) in [6.07, 6.45) is 4.33. The van der Waals surface area contributed by atoms with E-state index in [0.29, 0.717) is 25.0 Å². The first-order chi connectivity index (χ1) is 10.6. The Morgan fingerprint density at radius 3 is 2.87 bits per heavy atom. The molecule has 0 unspecified atom stereocenters. The molecule has 0 aliphatic heterocycles. The fourth-order valence-electron chi connectivity index (χ4n) is 1.97. The largest absolute Gasteiger partial charge is 0.370 e. The van der Waals surface area contributed by atoms with Crippen LogP contribution in [-0.2, 0) is 7.05 Å². The molecule has 0 aliphatic carbocycles. The molecule has 8 nitrogen and oxygen atoms in total. The fraction of sp³-hybridized carbons (Fsp3) is 0.571. The highest BCUT2D eigenvalue weighted by molar-refractivity contribution is 14.0. The Hall–Kier alpha value is -1.65. The smallest absolute Gasteiger partial charge is 0.188 e. The van der Waals surface area contributed by atoms with Crippen LogP contribution in [0.1, 0.15) is 20.3 Å². The molecule has 0 saturated carbocycles. The van der Waals surface area contributed by atoms with E-state index in [1.807, 2.05) is 7.05 Å². The van der Waals surface area contributed by atoms with E-state index >= 15 is 0 Å². The van der Waals surface area contributed by atoms with Crippen molar-refractivity contribution >= 4 is 46.8 Å². The van der Waals surface area contributed by atoms with Gasteiger partial charge < -0.3 is 16.4 Å². The molecule has 2 heterocycles. The first-order valence-corrected chi connectivity index (χ1v) is 7.48. The summed E-state index contributed by atoms with van der Waals surface area (Å²) in [4.78, 5) is 12.7. The Morgan fingerprint density at radius 2 is 2.13 bits per heavy atom. The predicted octanol–water partition coefficient (Wildman–Crippen LogP) is 1.34. The number of aromatic nitrogens is 4. The number of fused-ring (bicyclic) bond motifs is 1. The summed E-state index contributed by atoms with van der Waals surface area (Å²) in [7, 11) is 1.86. The third-order valence-electron chi connectivity index (χ3n) is 3.24. The maximum Gasteiger partial charge on any atom is 0.188 e. The zero-order valence-electron chi connectivity index (χ0n) is 13.8. The minimum absolute atomic E-state index is 0. The highest BCUT2D eigenvalue weighted by Gasteiger charge is 2.06. The molecule has 128 valence electrons. The number of aryl methyl sites for hydroxylation is 1. The summed E-state index contributed by atoms with van der Waals surface area (Å²) < 4.78 is 1.72. The van der Waals surface area contributed by atoms with Gasteiger partial charge in [0.15, 0.2) is 11.6 Å². The zero-order valence-corrected chi connectivity index (χ0v) is 16.1. The number of hydrogen-bond donors (Lipinski definition) is 3. The highest BCUT2D eigenvalue weighted by atomic mass is 127. The second-order valence-corrected chi connectivity index (χ2v) is 5.53. The third kappa shape index (κ3) is 5.81. The number of aliphatic imine (C=N–C) groups is 1. The van der Waals surface area contributed by atoms with E-state index in [2.05, 4.69) is 44.5 Å². The van der Waals surface area contributed by atoms with Crippen molar-refractivity contribution in [3.8, 4) is 0 Å². The molecular weight excluding hydrogens is 407 g/mol. The van der Waals surface area contributed by atoms with Gasteiger partial charge in [-0.15, -0.1) is 24.0 Å². The standard InChI is InChI=1S/C14H24N8.HI/c1-10(2)4-5-17-14(15)18-7-6-16-12-11-8-21-22(3)13(11)20-9-19-12;/h8-10H,4-7H2,1-3H3,(H3,15,17,18)(H,16,19,20);1H. The van der Waals surface area contributed by atoms with Crippen molar-refractivity contribution < 1.29 is 0 Å². The molecule has 23 heavy (non-hydrogen) atoms. The molecule has 0 amide bonds. The van der Waals surface area contributed by atoms with Gasteiger partial charge in [-0.25, -0.2) is 9.97 Å². The van der Waals surface area contributed by atoms with E-state index in [1.165, 1.54) is 6.33 Å². The summed E-state index contributed by atoms with van der Waals surface area (Å²) in [5, 5.41) is 11.4. The Bertz CT molecular complexity index is 637. The van der Waals surface area contributed by atoms with E-state index in [-0.39, 0.29) is 24.0 Å². The number of halogens is 1. The van der Waals surface area contributed by atoms with Gasteiger partial charge in [0.2, 0.25) is 0 Å². The van der Waals surface area contributed by atoms with E-state index in [9.17, 15) is 0 Å². The van der Waals surface area contributed by atoms with Crippen LogP contribution in [0.4, 0.5) is 5.82 Å². The van der Waals surface area contributed by atoms with E-state index in [0.717, 1.165) is 29.8 Å². The molecule has 4 N–H and O–H groups in total. The monoisotopic (exact) mass is 432 g/mol. The van der Waals surface area contributed by atoms with Crippen LogP contribution in [0.5, 0.6) is 0 Å². The van der Waals surface area contributed by atoms with Crippen molar-refractivity contribution in [2.75, 3.05) is 25.0 Å². The summed E-state index contributed by atoms with van der Waals surface area (Å²) in [6, 6.07) is 0. The quantitative estimate of drug-likeness (QED) is 0.264. The minimum atomic E-state index is 0. The molecule has 0 spiro atoms. The van der Waals surface area contributed by atoms with Crippen LogP contribution in [0.25, 0.3) is 11.0 Å². The van der Waals surface area contributed by atoms with Gasteiger partial charge in [-0.1, -0.05) is 13.8 Å². The van der Waals surface area contributed by atoms with Crippen LogP contribution in [-0.4, -0.2) is 45.3 Å². The highest BCUT2D eigenvalue weighted by Crippen LogP contribution is 2.16. The van der Waals surface area contributed by atoms with Crippen LogP contribution in [0.3, 0.4) is 0 Å². The second-order valence-electron chi connectivity index (χ2n) is 5.53. The average Bonchev–Trinajstić information content (AvgIpc) is 2.86. The van der Waals surface area contributed by atoms with Crippen LogP contribution >= 0.6 is 24.0 Å². The van der Waals surface area contributed by atoms with Gasteiger partial charge >= 0.3 is 0 Å². The molecule has 0 fully saturated rings. The van der Waals surface area contributed by atoms with Crippen molar-refractivity contribution in [3.05, 3.63) is 12.5 Å². The summed E-state index contributed by atoms with van der Waals surface area (Å²) in [5.74, 6) is 1.89. The maximum absolute atomic E-state index is 5.81.